The van der Waals surface area contributed by atoms with Gasteiger partial charge in [0.2, 0.25) is 5.91 Å². The van der Waals surface area contributed by atoms with Crippen LogP contribution in [0.5, 0.6) is 0 Å². The number of nitrogens with zero attached hydrogens (tertiary/aromatic N) is 2. The summed E-state index contributed by atoms with van der Waals surface area (Å²) in [6.45, 7) is 3.26. The minimum atomic E-state index is -0.200. The number of hydrogen-bond acceptors (Lipinski definition) is 6. The highest BCUT2D eigenvalue weighted by Gasteiger charge is 2.34. The van der Waals surface area contributed by atoms with Crippen LogP contribution in [0.3, 0.4) is 0 Å². The van der Waals surface area contributed by atoms with Crippen molar-refractivity contribution in [3.63, 3.8) is 0 Å². The number of amides is 1. The molecule has 0 spiro atoms. The van der Waals surface area contributed by atoms with Gasteiger partial charge in [0.15, 0.2) is 5.78 Å². The quantitative estimate of drug-likeness (QED) is 0.768. The maximum absolute atomic E-state index is 12.8. The van der Waals surface area contributed by atoms with Gasteiger partial charge in [-0.05, 0) is 23.4 Å². The number of Topliss-reactive ketones (excluding diaryl/α,β-unsaturated/α-hetero) is 1. The van der Waals surface area contributed by atoms with Gasteiger partial charge in [0.1, 0.15) is 6.04 Å². The lowest BCUT2D eigenvalue weighted by Gasteiger charge is -2.35. The molecule has 1 amide bonds. The van der Waals surface area contributed by atoms with Crippen molar-refractivity contribution in [2.24, 2.45) is 0 Å². The summed E-state index contributed by atoms with van der Waals surface area (Å²) >= 11 is 1.48. The van der Waals surface area contributed by atoms with E-state index in [0.717, 1.165) is 24.4 Å². The van der Waals surface area contributed by atoms with Crippen molar-refractivity contribution in [2.75, 3.05) is 32.7 Å². The minimum absolute atomic E-state index is 0.144. The van der Waals surface area contributed by atoms with Crippen LogP contribution in [0, 0.1) is 0 Å². The average Bonchev–Trinajstić information content (AvgIpc) is 3.41. The number of piperazine rings is 1. The normalized spacial score (nSPS) is 23.5. The largest absolute Gasteiger partial charge is 0.339 e. The van der Waals surface area contributed by atoms with Crippen molar-refractivity contribution in [2.45, 2.75) is 18.5 Å². The molecule has 0 radical (unpaired) electrons. The van der Waals surface area contributed by atoms with Gasteiger partial charge >= 0.3 is 0 Å². The molecule has 142 valence electrons. The first-order valence-corrected chi connectivity index (χ1v) is 10.2. The van der Waals surface area contributed by atoms with E-state index < -0.39 is 0 Å². The Morgan fingerprint density at radius 1 is 1.00 bits per heavy atom. The molecule has 0 bridgehead atoms. The molecule has 4 rings (SSSR count). The number of carbonyl (C=O) groups is 2. The maximum Gasteiger partial charge on any atom is 0.241 e. The third kappa shape index (κ3) is 4.27. The molecule has 2 aliphatic rings. The third-order valence-electron chi connectivity index (χ3n) is 5.25. The second-order valence-electron chi connectivity index (χ2n) is 7.04. The van der Waals surface area contributed by atoms with Crippen LogP contribution < -0.4 is 10.9 Å². The van der Waals surface area contributed by atoms with Crippen LogP contribution in [0.15, 0.2) is 47.8 Å². The number of nitrogens with one attached hydrogen (secondary N) is 2. The molecule has 1 aromatic carbocycles. The van der Waals surface area contributed by atoms with E-state index in [1.54, 1.807) is 0 Å². The van der Waals surface area contributed by atoms with E-state index in [1.807, 2.05) is 40.6 Å². The SMILES string of the molecule is O=C(CN1CCN(C(=O)C2CC(c3ccccc3)NN2)CC1)c1cccs1. The molecular weight excluding hydrogens is 360 g/mol. The lowest BCUT2D eigenvalue weighted by Crippen LogP contribution is -2.54. The van der Waals surface area contributed by atoms with Gasteiger partial charge in [0.25, 0.3) is 0 Å². The highest BCUT2D eigenvalue weighted by atomic mass is 32.1. The number of hydrogen-bond donors (Lipinski definition) is 2. The van der Waals surface area contributed by atoms with E-state index in [1.165, 1.54) is 16.9 Å². The van der Waals surface area contributed by atoms with Crippen LogP contribution in [0.4, 0.5) is 0 Å². The summed E-state index contributed by atoms with van der Waals surface area (Å²) in [6, 6.07) is 13.9. The van der Waals surface area contributed by atoms with Crippen molar-refractivity contribution >= 4 is 23.0 Å². The van der Waals surface area contributed by atoms with E-state index in [2.05, 4.69) is 27.9 Å². The first-order valence-electron chi connectivity index (χ1n) is 9.34. The van der Waals surface area contributed by atoms with Crippen LogP contribution in [-0.2, 0) is 4.79 Å². The number of carbonyl (C=O) groups excluding carboxylic acids is 2. The number of ketones is 1. The second-order valence-corrected chi connectivity index (χ2v) is 7.99. The Labute approximate surface area is 163 Å². The molecule has 3 heterocycles. The van der Waals surface area contributed by atoms with Gasteiger partial charge < -0.3 is 4.90 Å². The fourth-order valence-corrected chi connectivity index (χ4v) is 4.34. The van der Waals surface area contributed by atoms with Gasteiger partial charge in [0, 0.05) is 32.2 Å². The van der Waals surface area contributed by atoms with Gasteiger partial charge in [-0.25, -0.2) is 10.9 Å². The lowest BCUT2D eigenvalue weighted by molar-refractivity contribution is -0.134. The Hall–Kier alpha value is -2.06. The van der Waals surface area contributed by atoms with E-state index in [-0.39, 0.29) is 23.8 Å². The molecule has 0 saturated carbocycles. The van der Waals surface area contributed by atoms with Crippen LogP contribution in [0.2, 0.25) is 0 Å². The average molecular weight is 385 g/mol. The molecule has 2 aliphatic heterocycles. The maximum atomic E-state index is 12.8. The minimum Gasteiger partial charge on any atom is -0.339 e. The molecule has 2 aromatic rings. The molecule has 2 fully saturated rings. The molecule has 7 heteroatoms. The third-order valence-corrected chi connectivity index (χ3v) is 6.16. The monoisotopic (exact) mass is 384 g/mol. The summed E-state index contributed by atoms with van der Waals surface area (Å²) < 4.78 is 0. The lowest BCUT2D eigenvalue weighted by atomic mass is 10.0. The molecule has 27 heavy (non-hydrogen) atoms. The van der Waals surface area contributed by atoms with E-state index in [4.69, 9.17) is 0 Å². The molecule has 2 atom stereocenters. The highest BCUT2D eigenvalue weighted by Crippen LogP contribution is 2.23. The van der Waals surface area contributed by atoms with Crippen LogP contribution in [0.25, 0.3) is 0 Å². The number of hydrazine groups is 1. The summed E-state index contributed by atoms with van der Waals surface area (Å²) in [4.78, 5) is 29.9. The summed E-state index contributed by atoms with van der Waals surface area (Å²) in [7, 11) is 0. The Morgan fingerprint density at radius 3 is 2.48 bits per heavy atom. The zero-order chi connectivity index (χ0) is 18.6. The Balaban J connectivity index is 1.26. The van der Waals surface area contributed by atoms with Crippen molar-refractivity contribution in [3.05, 3.63) is 58.3 Å². The summed E-state index contributed by atoms with van der Waals surface area (Å²) in [5.74, 6) is 0.308. The second kappa shape index (κ2) is 8.31. The van der Waals surface area contributed by atoms with Crippen molar-refractivity contribution in [3.8, 4) is 0 Å². The summed E-state index contributed by atoms with van der Waals surface area (Å²) in [6.07, 6.45) is 0.750. The van der Waals surface area contributed by atoms with E-state index >= 15 is 0 Å². The van der Waals surface area contributed by atoms with Gasteiger partial charge in [-0.1, -0.05) is 36.4 Å². The van der Waals surface area contributed by atoms with Gasteiger partial charge in [-0.3, -0.25) is 14.5 Å². The van der Waals surface area contributed by atoms with Crippen LogP contribution in [0.1, 0.15) is 27.7 Å². The number of thiophene rings is 1. The smallest absolute Gasteiger partial charge is 0.241 e. The van der Waals surface area contributed by atoms with E-state index in [9.17, 15) is 9.59 Å². The molecule has 2 saturated heterocycles. The van der Waals surface area contributed by atoms with Crippen LogP contribution >= 0.6 is 11.3 Å². The fourth-order valence-electron chi connectivity index (χ4n) is 3.69. The van der Waals surface area contributed by atoms with Crippen molar-refractivity contribution in [1.82, 2.24) is 20.7 Å². The Kier molecular flexibility index (Phi) is 5.63. The molecule has 2 N–H and O–H groups in total. The molecular formula is C20H24N4O2S. The molecule has 1 aromatic heterocycles. The van der Waals surface area contributed by atoms with E-state index in [0.29, 0.717) is 19.6 Å². The zero-order valence-electron chi connectivity index (χ0n) is 15.1. The summed E-state index contributed by atoms with van der Waals surface area (Å²) in [5, 5.41) is 1.93. The number of rotatable bonds is 5. The molecule has 0 aliphatic carbocycles. The summed E-state index contributed by atoms with van der Waals surface area (Å²) in [5.41, 5.74) is 7.59. The van der Waals surface area contributed by atoms with Crippen molar-refractivity contribution in [1.29, 1.82) is 0 Å². The topological polar surface area (TPSA) is 64.7 Å². The predicted octanol–water partition coefficient (Wildman–Crippen LogP) is 1.68. The number of benzene rings is 1. The first-order chi connectivity index (χ1) is 13.2. The van der Waals surface area contributed by atoms with Crippen LogP contribution in [-0.4, -0.2) is 60.3 Å². The zero-order valence-corrected chi connectivity index (χ0v) is 16.0. The van der Waals surface area contributed by atoms with Gasteiger partial charge in [-0.2, -0.15) is 0 Å². The Morgan fingerprint density at radius 2 is 1.78 bits per heavy atom. The molecule has 2 unspecified atom stereocenters. The van der Waals surface area contributed by atoms with Gasteiger partial charge in [0.05, 0.1) is 11.4 Å². The highest BCUT2D eigenvalue weighted by molar-refractivity contribution is 7.12. The predicted molar refractivity (Wildman–Crippen MR) is 106 cm³/mol. The standard InChI is InChI=1S/C20H24N4O2S/c25-18(19-7-4-12-27-19)14-23-8-10-24(11-9-23)20(26)17-13-16(21-22-17)15-5-2-1-3-6-15/h1-7,12,16-17,21-22H,8-11,13-14H2. The fraction of sp³-hybridized carbons (Fsp3) is 0.400. The Bertz CT molecular complexity index is 773. The molecule has 6 nitrogen and oxygen atoms in total. The first kappa shape index (κ1) is 18.3. The van der Waals surface area contributed by atoms with Gasteiger partial charge in [-0.15, -0.1) is 11.3 Å². The van der Waals surface area contributed by atoms with Crippen molar-refractivity contribution < 1.29 is 9.59 Å².